The summed E-state index contributed by atoms with van der Waals surface area (Å²) in [6.07, 6.45) is 4.05. The van der Waals surface area contributed by atoms with Crippen molar-refractivity contribution in [3.63, 3.8) is 0 Å². The number of amides is 4. The second-order valence-electron chi connectivity index (χ2n) is 31.6. The molecule has 32 nitrogen and oxygen atoms in total. The summed E-state index contributed by atoms with van der Waals surface area (Å²) < 4.78 is 37.6. The summed E-state index contributed by atoms with van der Waals surface area (Å²) in [4.78, 5) is 135. The minimum atomic E-state index is -0.539. The van der Waals surface area contributed by atoms with Crippen molar-refractivity contribution in [1.82, 2.24) is 69.8 Å². The molecule has 132 heavy (non-hydrogen) atoms. The predicted molar refractivity (Wildman–Crippen MR) is 524 cm³/mol. The van der Waals surface area contributed by atoms with Crippen molar-refractivity contribution in [2.45, 2.75) is 127 Å². The molecule has 0 radical (unpaired) electrons. The van der Waals surface area contributed by atoms with Gasteiger partial charge < -0.3 is 59.9 Å². The monoisotopic (exact) mass is 1880 g/mol. The third kappa shape index (κ3) is 21.5. The lowest BCUT2D eigenvalue weighted by Gasteiger charge is -2.31. The zero-order chi connectivity index (χ0) is 95.2. The van der Waals surface area contributed by atoms with Crippen LogP contribution in [0.3, 0.4) is 0 Å². The Hall–Kier alpha value is -13.8. The molecule has 1 aliphatic heterocycles. The third-order valence-electron chi connectivity index (χ3n) is 21.1. The first kappa shape index (κ1) is 97.3. The number of fused-ring (bicyclic) bond motifs is 5. The van der Waals surface area contributed by atoms with Crippen molar-refractivity contribution in [2.24, 2.45) is 5.92 Å². The number of hydrogen-bond acceptors (Lipinski definition) is 28. The van der Waals surface area contributed by atoms with Gasteiger partial charge in [-0.1, -0.05) is 20.3 Å². The number of methoxy groups -OCH3 is 4. The van der Waals surface area contributed by atoms with Crippen LogP contribution in [0.25, 0.3) is 82.3 Å². The fourth-order valence-corrected chi connectivity index (χ4v) is 18.7. The Kier molecular flexibility index (Phi) is 31.9. The predicted octanol–water partition coefficient (Wildman–Crippen LogP) is 15.5. The normalized spacial score (nSPS) is 11.9. The Bertz CT molecular complexity index is 7040. The van der Waals surface area contributed by atoms with Crippen LogP contribution >= 0.6 is 56.7 Å². The zero-order valence-corrected chi connectivity index (χ0v) is 80.5. The van der Waals surface area contributed by atoms with Gasteiger partial charge in [-0.05, 0) is 216 Å². The van der Waals surface area contributed by atoms with Crippen molar-refractivity contribution in [2.75, 3.05) is 79.5 Å². The van der Waals surface area contributed by atoms with Gasteiger partial charge in [0.1, 0.15) is 33.7 Å². The number of aromatic nitrogens is 10. The number of anilines is 2. The van der Waals surface area contributed by atoms with Crippen LogP contribution in [-0.4, -0.2) is 170 Å². The van der Waals surface area contributed by atoms with Crippen LogP contribution < -0.4 is 78.1 Å². The Labute approximate surface area is 779 Å². The number of rotatable bonds is 23. The number of carbonyl (C=O) groups is 5. The Morgan fingerprint density at radius 3 is 1.04 bits per heavy atom. The SMILES string of the molecule is CCC1CCN(C(=O)c2nn(-c3ccc(OC)cc3)c(=O)c3c(N)scc23)CC1.CCCOc1ccc(-n2nc(C(=O)NC(C)C)c3csc(C)c3c2=O)cc1.CCOC(=O)c1nn(-c2ccc(OC)cc2)c(=O)c2c(C)scc12.COc1ccc(-n2nc(C(=O)NC(C)C)c3csc(C)c3c2=O)cc1.COc1ccc(-n2nc(C(=O)NC(C)C)c3csc(N(C)C)c3c2=O)cc1. The van der Waals surface area contributed by atoms with Gasteiger partial charge in [0, 0.05) is 114 Å². The van der Waals surface area contributed by atoms with Crippen molar-refractivity contribution < 1.29 is 52.4 Å². The van der Waals surface area contributed by atoms with Gasteiger partial charge in [-0.3, -0.25) is 43.2 Å². The smallest absolute Gasteiger partial charge is 0.359 e. The second kappa shape index (κ2) is 43.3. The molecular weight excluding hydrogens is 1780 g/mol. The van der Waals surface area contributed by atoms with E-state index in [9.17, 15) is 47.9 Å². The number of piperidine rings is 1. The molecule has 0 spiro atoms. The van der Waals surface area contributed by atoms with E-state index in [4.69, 9.17) is 34.2 Å². The summed E-state index contributed by atoms with van der Waals surface area (Å²) >= 11 is 6.97. The Morgan fingerprint density at radius 1 is 0.417 bits per heavy atom. The van der Waals surface area contributed by atoms with Gasteiger partial charge in [0.15, 0.2) is 28.5 Å². The fraction of sp³-hybridized carbons (Fsp3) is 0.316. The average molecular weight is 1890 g/mol. The number of ether oxygens (including phenoxy) is 6. The highest BCUT2D eigenvalue weighted by Crippen LogP contribution is 2.35. The molecular formula is C95H104N16O16S5. The number of esters is 1. The molecule has 15 aromatic rings. The number of nitrogens with one attached hydrogen (secondary N) is 3. The van der Waals surface area contributed by atoms with Crippen molar-refractivity contribution >= 4 is 150 Å². The first-order valence-electron chi connectivity index (χ1n) is 42.5. The molecule has 0 bridgehead atoms. The summed E-state index contributed by atoms with van der Waals surface area (Å²) in [5, 5.41) is 45.8. The van der Waals surface area contributed by atoms with Crippen LogP contribution in [0.5, 0.6) is 28.7 Å². The van der Waals surface area contributed by atoms with Gasteiger partial charge in [0.25, 0.3) is 51.4 Å². The number of carbonyl (C=O) groups excluding carboxylic acids is 5. The lowest BCUT2D eigenvalue weighted by molar-refractivity contribution is 0.0519. The molecule has 5 aromatic carbocycles. The summed E-state index contributed by atoms with van der Waals surface area (Å²) in [6, 6.07) is 34.9. The largest absolute Gasteiger partial charge is 0.497 e. The molecule has 4 amide bonds. The molecule has 690 valence electrons. The van der Waals surface area contributed by atoms with E-state index in [0.717, 1.165) is 51.1 Å². The fourth-order valence-electron chi connectivity index (χ4n) is 14.4. The summed E-state index contributed by atoms with van der Waals surface area (Å²) in [6.45, 7) is 25.2. The van der Waals surface area contributed by atoms with E-state index in [2.05, 4.69) is 48.4 Å². The number of aryl methyl sites for hydroxylation is 3. The van der Waals surface area contributed by atoms with Crippen LogP contribution in [0.4, 0.5) is 10.0 Å². The number of hydrogen-bond donors (Lipinski definition) is 4. The van der Waals surface area contributed by atoms with Crippen LogP contribution in [0.1, 0.15) is 155 Å². The molecule has 1 saturated heterocycles. The maximum atomic E-state index is 13.3. The molecule has 11 heterocycles. The van der Waals surface area contributed by atoms with E-state index in [1.165, 1.54) is 80.1 Å². The zero-order valence-electron chi connectivity index (χ0n) is 76.4. The van der Waals surface area contributed by atoms with Gasteiger partial charge in [0.2, 0.25) is 0 Å². The number of nitrogen functional groups attached to an aromatic ring is 1. The van der Waals surface area contributed by atoms with Gasteiger partial charge in [0.05, 0.1) is 102 Å². The summed E-state index contributed by atoms with van der Waals surface area (Å²) in [5.41, 5.74) is 8.79. The summed E-state index contributed by atoms with van der Waals surface area (Å²) in [7, 11) is 10.0. The Balaban J connectivity index is 0.000000149. The average Bonchev–Trinajstić information content (AvgIpc) is 1.59. The van der Waals surface area contributed by atoms with Crippen molar-refractivity contribution in [3.8, 4) is 57.2 Å². The quantitative estimate of drug-likeness (QED) is 0.0432. The second-order valence-corrected chi connectivity index (χ2v) is 36.6. The molecule has 16 rings (SSSR count). The molecule has 0 saturated carbocycles. The highest BCUT2D eigenvalue weighted by Gasteiger charge is 2.31. The number of benzene rings is 5. The topological polar surface area (TPSA) is 384 Å². The lowest BCUT2D eigenvalue weighted by Crippen LogP contribution is -2.39. The van der Waals surface area contributed by atoms with Crippen LogP contribution in [-0.2, 0) is 4.74 Å². The highest BCUT2D eigenvalue weighted by atomic mass is 32.1. The van der Waals surface area contributed by atoms with Gasteiger partial charge >= 0.3 is 5.97 Å². The minimum absolute atomic E-state index is 0.0227. The number of nitrogens with two attached hydrogens (primary N) is 1. The van der Waals surface area contributed by atoms with E-state index >= 15 is 0 Å². The highest BCUT2D eigenvalue weighted by molar-refractivity contribution is 7.16. The number of thiophene rings is 5. The molecule has 0 aliphatic carbocycles. The standard InChI is InChI=1S/C21H24N4O3S.C20H23N3O3S.C19H22N4O3S.C18H19N3O3S.C17H16N2O4S/c1-3-13-8-10-24(11-9-13)21(27)18-16-12-29-19(22)17(16)20(26)25(23-18)14-4-6-15(28-2)7-5-14;1-5-10-26-15-8-6-14(7-9-15)23-20(25)17-13(4)27-11-16(17)18(22-23)19(24)21-12(2)3;1-11(2)20-17(24)16-14-10-27-19(22(3)4)15(14)18(25)23(21-16)12-6-8-13(26-5)9-7-12;1-10(2)19-17(22)16-14-9-25-11(3)15(14)18(23)21(20-16)12-5-7-13(24-4)8-6-12;1-4-23-17(21)15-13-9-24-10(2)14(13)16(20)19(18-15)11-5-7-12(22-3)8-6-11/h4-7,12-13H,3,8-11,22H2,1-2H3;6-9,11-12H,5,10H2,1-4H3,(H,21,24);6-11H,1-5H3,(H,20,24);5-10H,1-4H3,(H,19,22);5-9H,4H2,1-3H3. The molecule has 1 aliphatic rings. The van der Waals surface area contributed by atoms with Crippen molar-refractivity contribution in [1.29, 1.82) is 0 Å². The molecule has 5 N–H and O–H groups in total. The van der Waals surface area contributed by atoms with Crippen molar-refractivity contribution in [3.05, 3.63) is 243 Å². The molecule has 37 heteroatoms. The maximum Gasteiger partial charge on any atom is 0.359 e. The van der Waals surface area contributed by atoms with Gasteiger partial charge in [-0.2, -0.15) is 48.9 Å². The Morgan fingerprint density at radius 2 is 0.712 bits per heavy atom. The first-order chi connectivity index (χ1) is 63.3. The number of nitrogens with zero attached hydrogens (tertiary/aromatic N) is 12. The molecule has 1 fully saturated rings. The van der Waals surface area contributed by atoms with Gasteiger partial charge in [-0.25, -0.2) is 4.79 Å². The van der Waals surface area contributed by atoms with Crippen LogP contribution in [0.2, 0.25) is 0 Å². The third-order valence-corrected chi connectivity index (χ3v) is 25.8. The lowest BCUT2D eigenvalue weighted by atomic mass is 9.94. The first-order valence-corrected chi connectivity index (χ1v) is 46.9. The molecule has 0 atom stereocenters. The van der Waals surface area contributed by atoms with E-state index in [1.54, 1.807) is 167 Å². The van der Waals surface area contributed by atoms with E-state index in [-0.39, 0.29) is 105 Å². The van der Waals surface area contributed by atoms with Crippen LogP contribution in [0, 0.1) is 26.7 Å². The number of likely N-dealkylation sites (tertiary alicyclic amines) is 1. The maximum absolute atomic E-state index is 13.3. The van der Waals surface area contributed by atoms with Gasteiger partial charge in [-0.15, -0.1) is 56.7 Å². The minimum Gasteiger partial charge on any atom is -0.497 e. The molecule has 0 unspecified atom stereocenters. The van der Waals surface area contributed by atoms with Crippen LogP contribution in [0.15, 0.2) is 172 Å². The molecule has 10 aromatic heterocycles. The summed E-state index contributed by atoms with van der Waals surface area (Å²) in [5.74, 6) is 2.53. The van der Waals surface area contributed by atoms with E-state index < -0.39 is 5.97 Å². The van der Waals surface area contributed by atoms with E-state index in [1.807, 2.05) is 109 Å². The van der Waals surface area contributed by atoms with E-state index in [0.29, 0.717) is 136 Å².